The molecule has 1 aromatic heterocycles. The van der Waals surface area contributed by atoms with E-state index in [2.05, 4.69) is 10.3 Å². The van der Waals surface area contributed by atoms with Gasteiger partial charge in [-0.05, 0) is 61.9 Å². The number of rotatable bonds is 6. The Hall–Kier alpha value is -3.74. The predicted octanol–water partition coefficient (Wildman–Crippen LogP) is 4.35. The van der Waals surface area contributed by atoms with Crippen LogP contribution in [0.3, 0.4) is 0 Å². The number of benzene rings is 2. The molecule has 0 fully saturated rings. The standard InChI is InChI=1S/C23H21FN2O4/c1-4-30-23(29)16-8-9-19(26-22(16)25-3)17-12-14(6-10-20(17)27)21(28)15-7-5-13(2)11-18(15)24/h5-12,27H,4H2,1-3H3,(H,25,26). The third-order valence-corrected chi connectivity index (χ3v) is 4.53. The number of pyridine rings is 1. The molecule has 0 aliphatic heterocycles. The van der Waals surface area contributed by atoms with Crippen LogP contribution in [0.15, 0.2) is 48.5 Å². The highest BCUT2D eigenvalue weighted by Gasteiger charge is 2.19. The number of hydrogen-bond acceptors (Lipinski definition) is 6. The number of aromatic nitrogens is 1. The van der Waals surface area contributed by atoms with Crippen LogP contribution in [-0.4, -0.2) is 35.5 Å². The Balaban J connectivity index is 2.03. The molecule has 0 atom stereocenters. The lowest BCUT2D eigenvalue weighted by molar-refractivity contribution is 0.0527. The lowest BCUT2D eigenvalue weighted by Crippen LogP contribution is -2.10. The average molecular weight is 408 g/mol. The van der Waals surface area contributed by atoms with Gasteiger partial charge >= 0.3 is 5.97 Å². The van der Waals surface area contributed by atoms with Crippen molar-refractivity contribution in [3.8, 4) is 17.0 Å². The minimum Gasteiger partial charge on any atom is -0.507 e. The highest BCUT2D eigenvalue weighted by molar-refractivity contribution is 6.10. The number of ether oxygens (including phenoxy) is 1. The van der Waals surface area contributed by atoms with Crippen LogP contribution in [0.4, 0.5) is 10.2 Å². The van der Waals surface area contributed by atoms with E-state index in [1.807, 2.05) is 0 Å². The van der Waals surface area contributed by atoms with Crippen LogP contribution in [0.2, 0.25) is 0 Å². The number of aryl methyl sites for hydroxylation is 1. The molecule has 0 unspecified atom stereocenters. The summed E-state index contributed by atoms with van der Waals surface area (Å²) in [7, 11) is 1.61. The van der Waals surface area contributed by atoms with Crippen LogP contribution in [0.25, 0.3) is 11.3 Å². The molecule has 3 aromatic rings. The normalized spacial score (nSPS) is 10.5. The number of aromatic hydroxyl groups is 1. The lowest BCUT2D eigenvalue weighted by atomic mass is 9.98. The van der Waals surface area contributed by atoms with Gasteiger partial charge in [-0.2, -0.15) is 0 Å². The minimum absolute atomic E-state index is 0.0567. The summed E-state index contributed by atoms with van der Waals surface area (Å²) in [5, 5.41) is 13.2. The maximum absolute atomic E-state index is 14.2. The highest BCUT2D eigenvalue weighted by atomic mass is 19.1. The highest BCUT2D eigenvalue weighted by Crippen LogP contribution is 2.31. The molecule has 0 radical (unpaired) electrons. The fraction of sp³-hybridized carbons (Fsp3) is 0.174. The second-order valence-electron chi connectivity index (χ2n) is 6.61. The van der Waals surface area contributed by atoms with E-state index in [0.29, 0.717) is 11.3 Å². The van der Waals surface area contributed by atoms with Gasteiger partial charge in [0.25, 0.3) is 0 Å². The molecular formula is C23H21FN2O4. The molecule has 2 N–H and O–H groups in total. The van der Waals surface area contributed by atoms with E-state index in [1.165, 1.54) is 36.4 Å². The Morgan fingerprint density at radius 2 is 1.83 bits per heavy atom. The van der Waals surface area contributed by atoms with Crippen molar-refractivity contribution in [2.45, 2.75) is 13.8 Å². The molecule has 0 amide bonds. The Labute approximate surface area is 173 Å². The van der Waals surface area contributed by atoms with Gasteiger partial charge in [0.05, 0.1) is 17.9 Å². The summed E-state index contributed by atoms with van der Waals surface area (Å²) >= 11 is 0. The van der Waals surface area contributed by atoms with Crippen molar-refractivity contribution < 1.29 is 23.8 Å². The summed E-state index contributed by atoms with van der Waals surface area (Å²) in [6.07, 6.45) is 0. The smallest absolute Gasteiger partial charge is 0.341 e. The molecule has 154 valence electrons. The van der Waals surface area contributed by atoms with Gasteiger partial charge in [-0.1, -0.05) is 6.07 Å². The summed E-state index contributed by atoms with van der Waals surface area (Å²) in [5.74, 6) is -1.47. The monoisotopic (exact) mass is 408 g/mol. The van der Waals surface area contributed by atoms with Crippen LogP contribution >= 0.6 is 0 Å². The van der Waals surface area contributed by atoms with E-state index in [-0.39, 0.29) is 40.4 Å². The second kappa shape index (κ2) is 8.73. The number of carbonyl (C=O) groups is 2. The molecular weight excluding hydrogens is 387 g/mol. The number of carbonyl (C=O) groups excluding carboxylic acids is 2. The number of halogens is 1. The first kappa shape index (κ1) is 21.0. The number of nitrogens with one attached hydrogen (secondary N) is 1. The van der Waals surface area contributed by atoms with Gasteiger partial charge in [0.1, 0.15) is 22.9 Å². The number of esters is 1. The number of phenolic OH excluding ortho intramolecular Hbond substituents is 1. The lowest BCUT2D eigenvalue weighted by Gasteiger charge is -2.12. The Bertz CT molecular complexity index is 1130. The molecule has 0 saturated carbocycles. The van der Waals surface area contributed by atoms with Gasteiger partial charge in [0.2, 0.25) is 0 Å². The van der Waals surface area contributed by atoms with Crippen molar-refractivity contribution in [3.05, 3.63) is 76.6 Å². The molecule has 30 heavy (non-hydrogen) atoms. The minimum atomic E-state index is -0.607. The molecule has 1 heterocycles. The van der Waals surface area contributed by atoms with Crippen molar-refractivity contribution in [2.75, 3.05) is 19.0 Å². The summed E-state index contributed by atoms with van der Waals surface area (Å²) < 4.78 is 19.2. The molecule has 2 aromatic carbocycles. The van der Waals surface area contributed by atoms with Gasteiger partial charge in [-0.15, -0.1) is 0 Å². The predicted molar refractivity (Wildman–Crippen MR) is 111 cm³/mol. The van der Waals surface area contributed by atoms with Gasteiger partial charge in [-0.25, -0.2) is 14.2 Å². The fourth-order valence-corrected chi connectivity index (χ4v) is 3.02. The van der Waals surface area contributed by atoms with E-state index < -0.39 is 17.6 Å². The van der Waals surface area contributed by atoms with E-state index >= 15 is 0 Å². The molecule has 7 heteroatoms. The second-order valence-corrected chi connectivity index (χ2v) is 6.61. The van der Waals surface area contributed by atoms with Crippen molar-refractivity contribution in [1.82, 2.24) is 4.98 Å². The van der Waals surface area contributed by atoms with E-state index in [1.54, 1.807) is 33.0 Å². The quantitative estimate of drug-likeness (QED) is 0.466. The number of phenols is 1. The summed E-state index contributed by atoms with van der Waals surface area (Å²) in [6, 6.07) is 11.7. The fourth-order valence-electron chi connectivity index (χ4n) is 3.02. The number of nitrogens with zero attached hydrogens (tertiary/aromatic N) is 1. The maximum atomic E-state index is 14.2. The topological polar surface area (TPSA) is 88.5 Å². The van der Waals surface area contributed by atoms with Crippen LogP contribution in [0.1, 0.15) is 38.8 Å². The third kappa shape index (κ3) is 4.15. The Morgan fingerprint density at radius 1 is 1.10 bits per heavy atom. The maximum Gasteiger partial charge on any atom is 0.341 e. The number of ketones is 1. The molecule has 0 aliphatic carbocycles. The van der Waals surface area contributed by atoms with Crippen molar-refractivity contribution in [2.24, 2.45) is 0 Å². The molecule has 6 nitrogen and oxygen atoms in total. The first-order valence-corrected chi connectivity index (χ1v) is 9.35. The first-order valence-electron chi connectivity index (χ1n) is 9.35. The first-order chi connectivity index (χ1) is 14.3. The van der Waals surface area contributed by atoms with Crippen LogP contribution in [0, 0.1) is 12.7 Å². The number of anilines is 1. The summed E-state index contributed by atoms with van der Waals surface area (Å²) in [4.78, 5) is 29.2. The summed E-state index contributed by atoms with van der Waals surface area (Å²) in [6.45, 7) is 3.67. The Kier molecular flexibility index (Phi) is 6.11. The van der Waals surface area contributed by atoms with Gasteiger partial charge < -0.3 is 15.2 Å². The third-order valence-electron chi connectivity index (χ3n) is 4.53. The zero-order valence-electron chi connectivity index (χ0n) is 16.8. The van der Waals surface area contributed by atoms with Gasteiger partial charge in [0, 0.05) is 18.2 Å². The van der Waals surface area contributed by atoms with Crippen LogP contribution < -0.4 is 5.32 Å². The molecule has 0 bridgehead atoms. The van der Waals surface area contributed by atoms with E-state index in [9.17, 15) is 19.1 Å². The van der Waals surface area contributed by atoms with Crippen LogP contribution in [0.5, 0.6) is 5.75 Å². The molecule has 0 spiro atoms. The van der Waals surface area contributed by atoms with E-state index in [0.717, 1.165) is 0 Å². The zero-order chi connectivity index (χ0) is 21.8. The molecule has 0 aliphatic rings. The van der Waals surface area contributed by atoms with E-state index in [4.69, 9.17) is 4.74 Å². The number of hydrogen-bond donors (Lipinski definition) is 2. The molecule has 0 saturated heterocycles. The van der Waals surface area contributed by atoms with Crippen LogP contribution in [-0.2, 0) is 4.74 Å². The zero-order valence-corrected chi connectivity index (χ0v) is 16.8. The van der Waals surface area contributed by atoms with Crippen molar-refractivity contribution in [3.63, 3.8) is 0 Å². The van der Waals surface area contributed by atoms with Gasteiger partial charge in [-0.3, -0.25) is 4.79 Å². The molecule has 3 rings (SSSR count). The van der Waals surface area contributed by atoms with Crippen molar-refractivity contribution in [1.29, 1.82) is 0 Å². The SMILES string of the molecule is CCOC(=O)c1ccc(-c2cc(C(=O)c3ccc(C)cc3F)ccc2O)nc1NC. The summed E-state index contributed by atoms with van der Waals surface area (Å²) in [5.41, 5.74) is 1.72. The Morgan fingerprint density at radius 3 is 2.50 bits per heavy atom. The largest absolute Gasteiger partial charge is 0.507 e. The average Bonchev–Trinajstić information content (AvgIpc) is 2.73. The van der Waals surface area contributed by atoms with Gasteiger partial charge in [0.15, 0.2) is 5.78 Å². The van der Waals surface area contributed by atoms with Crippen molar-refractivity contribution >= 4 is 17.6 Å².